The summed E-state index contributed by atoms with van der Waals surface area (Å²) in [5, 5.41) is 3.53. The molecule has 1 aliphatic rings. The van der Waals surface area contributed by atoms with Crippen molar-refractivity contribution in [3.8, 4) is 5.75 Å². The second-order valence-corrected chi connectivity index (χ2v) is 6.67. The molecule has 1 amide bonds. The maximum atomic E-state index is 12.5. The summed E-state index contributed by atoms with van der Waals surface area (Å²) in [5.41, 5.74) is 3.77. The minimum atomic E-state index is -0.0544. The highest BCUT2D eigenvalue weighted by atomic mass is 32.1. The van der Waals surface area contributed by atoms with Gasteiger partial charge in [-0.25, -0.2) is 0 Å². The molecule has 1 heterocycles. The normalized spacial score (nSPS) is 16.2. The van der Waals surface area contributed by atoms with Gasteiger partial charge in [0.15, 0.2) is 5.11 Å². The highest BCUT2D eigenvalue weighted by Crippen LogP contribution is 2.31. The van der Waals surface area contributed by atoms with Crippen molar-refractivity contribution in [2.24, 2.45) is 0 Å². The van der Waals surface area contributed by atoms with Crippen LogP contribution in [-0.4, -0.2) is 29.1 Å². The molecule has 24 heavy (non-hydrogen) atoms. The van der Waals surface area contributed by atoms with Crippen LogP contribution in [0.15, 0.2) is 17.8 Å². The zero-order valence-corrected chi connectivity index (χ0v) is 15.9. The molecule has 0 spiro atoms. The molecule has 0 saturated carbocycles. The van der Waals surface area contributed by atoms with Crippen LogP contribution >= 0.6 is 12.2 Å². The maximum Gasteiger partial charge on any atom is 0.276 e. The number of carbonyl (C=O) groups excluding carboxylic acids is 1. The van der Waals surface area contributed by atoms with E-state index in [-0.39, 0.29) is 5.91 Å². The van der Waals surface area contributed by atoms with E-state index in [1.807, 2.05) is 32.9 Å². The topological polar surface area (TPSA) is 41.6 Å². The van der Waals surface area contributed by atoms with Gasteiger partial charge in [-0.15, -0.1) is 0 Å². The van der Waals surface area contributed by atoms with E-state index in [0.717, 1.165) is 28.9 Å². The highest BCUT2D eigenvalue weighted by molar-refractivity contribution is 7.80. The van der Waals surface area contributed by atoms with Gasteiger partial charge in [0.1, 0.15) is 11.4 Å². The lowest BCUT2D eigenvalue weighted by Gasteiger charge is -2.16. The van der Waals surface area contributed by atoms with Crippen LogP contribution in [0.5, 0.6) is 5.75 Å². The van der Waals surface area contributed by atoms with E-state index >= 15 is 0 Å². The standard InChI is InChI=1S/C19H26N2O2S/c1-6-8-21-18(22)16(20-19(21)24)11-14-10-15(12(3)4)17(23-7-2)9-13(14)5/h9-12H,6-8H2,1-5H3,(H,20,24)/b16-11-. The van der Waals surface area contributed by atoms with E-state index < -0.39 is 0 Å². The molecule has 0 bridgehead atoms. The van der Waals surface area contributed by atoms with Crippen LogP contribution in [-0.2, 0) is 4.79 Å². The molecule has 130 valence electrons. The number of amides is 1. The molecule has 5 heteroatoms. The lowest BCUT2D eigenvalue weighted by Crippen LogP contribution is -2.31. The Morgan fingerprint density at radius 3 is 2.62 bits per heavy atom. The van der Waals surface area contributed by atoms with Crippen LogP contribution in [0.4, 0.5) is 0 Å². The number of aryl methyl sites for hydroxylation is 1. The first kappa shape index (κ1) is 18.5. The average molecular weight is 346 g/mol. The monoisotopic (exact) mass is 346 g/mol. The van der Waals surface area contributed by atoms with E-state index in [0.29, 0.717) is 29.9 Å². The van der Waals surface area contributed by atoms with Crippen molar-refractivity contribution in [1.29, 1.82) is 0 Å². The Labute approximate surface area is 149 Å². The van der Waals surface area contributed by atoms with E-state index in [9.17, 15) is 4.79 Å². The van der Waals surface area contributed by atoms with Gasteiger partial charge in [0.05, 0.1) is 6.61 Å². The fraction of sp³-hybridized carbons (Fsp3) is 0.474. The molecule has 1 saturated heterocycles. The first-order valence-electron chi connectivity index (χ1n) is 8.50. The minimum Gasteiger partial charge on any atom is -0.494 e. The van der Waals surface area contributed by atoms with E-state index in [1.54, 1.807) is 4.90 Å². The second kappa shape index (κ2) is 7.79. The first-order valence-corrected chi connectivity index (χ1v) is 8.91. The fourth-order valence-electron chi connectivity index (χ4n) is 2.76. The van der Waals surface area contributed by atoms with Gasteiger partial charge in [-0.05, 0) is 73.3 Å². The molecular weight excluding hydrogens is 320 g/mol. The van der Waals surface area contributed by atoms with Crippen molar-refractivity contribution in [1.82, 2.24) is 10.2 Å². The van der Waals surface area contributed by atoms with E-state index in [4.69, 9.17) is 17.0 Å². The number of ether oxygens (including phenoxy) is 1. The van der Waals surface area contributed by atoms with E-state index in [2.05, 4.69) is 25.2 Å². The summed E-state index contributed by atoms with van der Waals surface area (Å²) < 4.78 is 5.76. The summed E-state index contributed by atoms with van der Waals surface area (Å²) in [4.78, 5) is 14.1. The SMILES string of the molecule is CCCN1C(=O)/C(=C/c2cc(C(C)C)c(OCC)cc2C)NC1=S. The Balaban J connectivity index is 2.41. The largest absolute Gasteiger partial charge is 0.494 e. The second-order valence-electron chi connectivity index (χ2n) is 6.28. The summed E-state index contributed by atoms with van der Waals surface area (Å²) >= 11 is 5.26. The molecule has 2 rings (SSSR count). The summed E-state index contributed by atoms with van der Waals surface area (Å²) in [7, 11) is 0. The number of nitrogens with zero attached hydrogens (tertiary/aromatic N) is 1. The number of hydrogen-bond acceptors (Lipinski definition) is 3. The predicted molar refractivity (Wildman–Crippen MR) is 102 cm³/mol. The van der Waals surface area contributed by atoms with Gasteiger partial charge in [-0.2, -0.15) is 0 Å². The Bertz CT molecular complexity index is 680. The fourth-order valence-corrected chi connectivity index (χ4v) is 3.04. The predicted octanol–water partition coefficient (Wildman–Crippen LogP) is 3.98. The van der Waals surface area contributed by atoms with Crippen LogP contribution in [0.1, 0.15) is 56.7 Å². The van der Waals surface area contributed by atoms with Crippen LogP contribution in [0.2, 0.25) is 0 Å². The zero-order chi connectivity index (χ0) is 17.9. The summed E-state index contributed by atoms with van der Waals surface area (Å²) in [6, 6.07) is 4.16. The van der Waals surface area contributed by atoms with Crippen molar-refractivity contribution in [2.75, 3.05) is 13.2 Å². The molecule has 1 aromatic carbocycles. The first-order chi connectivity index (χ1) is 11.4. The molecule has 1 aliphatic heterocycles. The molecule has 0 atom stereocenters. The number of carbonyl (C=O) groups is 1. The van der Waals surface area contributed by atoms with Gasteiger partial charge in [0.2, 0.25) is 0 Å². The summed E-state index contributed by atoms with van der Waals surface area (Å²) in [6.07, 6.45) is 2.77. The van der Waals surface area contributed by atoms with Crippen LogP contribution in [0.25, 0.3) is 6.08 Å². The van der Waals surface area contributed by atoms with Crippen molar-refractivity contribution in [2.45, 2.75) is 47.0 Å². The van der Waals surface area contributed by atoms with Crippen molar-refractivity contribution < 1.29 is 9.53 Å². The molecule has 0 aromatic heterocycles. The van der Waals surface area contributed by atoms with Crippen LogP contribution in [0.3, 0.4) is 0 Å². The van der Waals surface area contributed by atoms with Gasteiger partial charge in [-0.1, -0.05) is 20.8 Å². The van der Waals surface area contributed by atoms with Gasteiger partial charge < -0.3 is 10.1 Å². The quantitative estimate of drug-likeness (QED) is 0.625. The summed E-state index contributed by atoms with van der Waals surface area (Å²) in [6.45, 7) is 11.6. The molecule has 1 fully saturated rings. The van der Waals surface area contributed by atoms with Crippen molar-refractivity contribution in [3.63, 3.8) is 0 Å². The number of nitrogens with one attached hydrogen (secondary N) is 1. The number of benzene rings is 1. The van der Waals surface area contributed by atoms with Crippen LogP contribution in [0, 0.1) is 6.92 Å². The van der Waals surface area contributed by atoms with Crippen molar-refractivity contribution >= 4 is 29.3 Å². The molecule has 0 aliphatic carbocycles. The third-order valence-corrected chi connectivity index (χ3v) is 4.35. The molecule has 1 N–H and O–H groups in total. The number of thiocarbonyl (C=S) groups is 1. The number of rotatable bonds is 6. The third kappa shape index (κ3) is 3.78. The van der Waals surface area contributed by atoms with Gasteiger partial charge in [0, 0.05) is 6.54 Å². The molecule has 1 aromatic rings. The lowest BCUT2D eigenvalue weighted by atomic mass is 9.96. The van der Waals surface area contributed by atoms with Gasteiger partial charge in [-0.3, -0.25) is 9.69 Å². The minimum absolute atomic E-state index is 0.0544. The molecule has 4 nitrogen and oxygen atoms in total. The summed E-state index contributed by atoms with van der Waals surface area (Å²) in [5.74, 6) is 1.21. The highest BCUT2D eigenvalue weighted by Gasteiger charge is 2.29. The van der Waals surface area contributed by atoms with Gasteiger partial charge in [0.25, 0.3) is 5.91 Å². The van der Waals surface area contributed by atoms with Crippen LogP contribution < -0.4 is 10.1 Å². The van der Waals surface area contributed by atoms with Crippen molar-refractivity contribution in [3.05, 3.63) is 34.5 Å². The maximum absolute atomic E-state index is 12.5. The zero-order valence-electron chi connectivity index (χ0n) is 15.1. The molecule has 0 unspecified atom stereocenters. The smallest absolute Gasteiger partial charge is 0.276 e. The Morgan fingerprint density at radius 1 is 1.33 bits per heavy atom. The van der Waals surface area contributed by atoms with E-state index in [1.165, 1.54) is 0 Å². The number of hydrogen-bond donors (Lipinski definition) is 1. The molecular formula is C19H26N2O2S. The lowest BCUT2D eigenvalue weighted by molar-refractivity contribution is -0.122. The Hall–Kier alpha value is -1.88. The average Bonchev–Trinajstić information content (AvgIpc) is 2.78. The van der Waals surface area contributed by atoms with Gasteiger partial charge >= 0.3 is 0 Å². The third-order valence-electron chi connectivity index (χ3n) is 4.03. The Kier molecular flexibility index (Phi) is 5.99. The molecule has 0 radical (unpaired) electrons. The Morgan fingerprint density at radius 2 is 2.04 bits per heavy atom.